The van der Waals surface area contributed by atoms with Crippen LogP contribution in [0.25, 0.3) is 17.0 Å². The Balaban J connectivity index is 1.23. The summed E-state index contributed by atoms with van der Waals surface area (Å²) in [5.74, 6) is 0.390. The van der Waals surface area contributed by atoms with Crippen LogP contribution in [0.5, 0.6) is 5.75 Å². The van der Waals surface area contributed by atoms with E-state index in [9.17, 15) is 9.18 Å². The van der Waals surface area contributed by atoms with E-state index in [1.54, 1.807) is 28.7 Å². The third kappa shape index (κ3) is 4.82. The van der Waals surface area contributed by atoms with Gasteiger partial charge in [-0.05, 0) is 24.3 Å². The molecule has 4 aromatic rings. The van der Waals surface area contributed by atoms with Crippen molar-refractivity contribution < 1.29 is 18.7 Å². The zero-order valence-corrected chi connectivity index (χ0v) is 21.8. The van der Waals surface area contributed by atoms with Crippen molar-refractivity contribution >= 4 is 40.5 Å². The summed E-state index contributed by atoms with van der Waals surface area (Å²) in [6, 6.07) is 8.75. The molecule has 2 aliphatic heterocycles. The largest absolute Gasteiger partial charge is 0.494 e. The number of nitrogens with two attached hydrogens (primary N) is 1. The molecule has 6 rings (SSSR count). The molecule has 1 aromatic carbocycles. The number of nitrogens with zero attached hydrogens (tertiary/aromatic N) is 6. The van der Waals surface area contributed by atoms with Crippen LogP contribution in [0.4, 0.5) is 21.7 Å². The molecule has 13 heteroatoms. The third-order valence-electron chi connectivity index (χ3n) is 6.88. The zero-order chi connectivity index (χ0) is 27.1. The highest BCUT2D eigenvalue weighted by molar-refractivity contribution is 6.32. The minimum Gasteiger partial charge on any atom is -0.494 e. The number of halogens is 2. The lowest BCUT2D eigenvalue weighted by Gasteiger charge is -2.46. The highest BCUT2D eigenvalue weighted by Crippen LogP contribution is 2.34. The predicted molar refractivity (Wildman–Crippen MR) is 144 cm³/mol. The fraction of sp³-hybridized carbons (Fsp3) is 0.308. The van der Waals surface area contributed by atoms with Gasteiger partial charge in [0, 0.05) is 44.1 Å². The summed E-state index contributed by atoms with van der Waals surface area (Å²) in [6.07, 6.45) is 4.52. The number of fused-ring (bicyclic) bond motifs is 3. The molecule has 2 atom stereocenters. The number of hydrogen-bond donors (Lipinski definition) is 2. The Bertz CT molecular complexity index is 1540. The van der Waals surface area contributed by atoms with E-state index in [-0.39, 0.29) is 36.3 Å². The van der Waals surface area contributed by atoms with Crippen LogP contribution in [0.3, 0.4) is 0 Å². The molecule has 0 saturated carbocycles. The SMILES string of the molecule is COc1cc(N2CC3CN(C(=O)CN)CC(C2)O3)ccc1Nc1ncc(Cl)c(-c2cnc3c(F)cccn23)n1. The van der Waals surface area contributed by atoms with E-state index in [1.165, 1.54) is 18.5 Å². The number of carbonyl (C=O) groups excluding carboxylic acids is 1. The topological polar surface area (TPSA) is 123 Å². The molecule has 2 unspecified atom stereocenters. The maximum atomic E-state index is 14.2. The van der Waals surface area contributed by atoms with Crippen molar-refractivity contribution in [1.29, 1.82) is 0 Å². The minimum atomic E-state index is -0.442. The van der Waals surface area contributed by atoms with Crippen LogP contribution in [-0.2, 0) is 9.53 Å². The van der Waals surface area contributed by atoms with Gasteiger partial charge in [-0.1, -0.05) is 11.6 Å². The second-order valence-electron chi connectivity index (χ2n) is 9.38. The maximum Gasteiger partial charge on any atom is 0.236 e. The van der Waals surface area contributed by atoms with E-state index in [1.807, 2.05) is 18.2 Å². The number of imidazole rings is 1. The number of morpholine rings is 2. The summed E-state index contributed by atoms with van der Waals surface area (Å²) in [5, 5.41) is 3.50. The summed E-state index contributed by atoms with van der Waals surface area (Å²) < 4.78 is 27.5. The maximum absolute atomic E-state index is 14.2. The lowest BCUT2D eigenvalue weighted by molar-refractivity contribution is -0.145. The molecular weight excluding hydrogens is 527 g/mol. The van der Waals surface area contributed by atoms with E-state index in [2.05, 4.69) is 25.2 Å². The highest BCUT2D eigenvalue weighted by Gasteiger charge is 2.36. The van der Waals surface area contributed by atoms with Crippen molar-refractivity contribution in [3.05, 3.63) is 59.8 Å². The Kier molecular flexibility index (Phi) is 6.67. The van der Waals surface area contributed by atoms with Crippen molar-refractivity contribution in [3.8, 4) is 17.1 Å². The molecule has 0 spiro atoms. The monoisotopic (exact) mass is 552 g/mol. The first-order valence-electron chi connectivity index (χ1n) is 12.4. The Morgan fingerprint density at radius 2 is 2.00 bits per heavy atom. The molecule has 2 fully saturated rings. The number of rotatable bonds is 6. The van der Waals surface area contributed by atoms with Crippen LogP contribution in [0.1, 0.15) is 0 Å². The second-order valence-corrected chi connectivity index (χ2v) is 9.79. The second kappa shape index (κ2) is 10.3. The van der Waals surface area contributed by atoms with E-state index in [0.717, 1.165) is 5.69 Å². The number of amides is 1. The average Bonchev–Trinajstić information content (AvgIpc) is 3.38. The molecule has 3 N–H and O–H groups in total. The van der Waals surface area contributed by atoms with Gasteiger partial charge in [0.2, 0.25) is 11.9 Å². The fourth-order valence-corrected chi connectivity index (χ4v) is 5.28. The van der Waals surface area contributed by atoms with Crippen LogP contribution in [0, 0.1) is 5.82 Å². The summed E-state index contributed by atoms with van der Waals surface area (Å²) in [4.78, 5) is 29.1. The first-order chi connectivity index (χ1) is 18.9. The summed E-state index contributed by atoms with van der Waals surface area (Å²) >= 11 is 6.42. The van der Waals surface area contributed by atoms with Crippen molar-refractivity contribution in [2.45, 2.75) is 12.2 Å². The van der Waals surface area contributed by atoms with E-state index in [0.29, 0.717) is 54.0 Å². The standard InChI is InChI=1S/C26H26ClFN8O3/c1-38-22-7-15(34-11-16-13-35(23(37)8-29)14-17(12-34)39-16)4-5-20(22)32-26-31-9-18(27)24(33-26)21-10-30-25-19(28)3-2-6-36(21)25/h2-7,9-10,16-17H,8,11-14,29H2,1H3,(H,31,32,33). The van der Waals surface area contributed by atoms with Gasteiger partial charge in [0.15, 0.2) is 11.5 Å². The smallest absolute Gasteiger partial charge is 0.236 e. The molecule has 2 saturated heterocycles. The van der Waals surface area contributed by atoms with E-state index < -0.39 is 5.82 Å². The van der Waals surface area contributed by atoms with Gasteiger partial charge in [0.25, 0.3) is 0 Å². The number of pyridine rings is 1. The van der Waals surface area contributed by atoms with Gasteiger partial charge >= 0.3 is 0 Å². The zero-order valence-electron chi connectivity index (χ0n) is 21.1. The molecule has 2 aliphatic rings. The normalized spacial score (nSPS) is 18.9. The average molecular weight is 553 g/mol. The van der Waals surface area contributed by atoms with Gasteiger partial charge in [-0.25, -0.2) is 19.3 Å². The molecule has 0 radical (unpaired) electrons. The van der Waals surface area contributed by atoms with Gasteiger partial charge in [-0.2, -0.15) is 0 Å². The number of anilines is 3. The van der Waals surface area contributed by atoms with Gasteiger partial charge in [-0.3, -0.25) is 9.20 Å². The Hall–Kier alpha value is -4.00. The van der Waals surface area contributed by atoms with Gasteiger partial charge < -0.3 is 30.3 Å². The molecule has 39 heavy (non-hydrogen) atoms. The number of benzene rings is 1. The molecule has 5 heterocycles. The lowest BCUT2D eigenvalue weighted by atomic mass is 10.1. The number of nitrogens with one attached hydrogen (secondary N) is 1. The fourth-order valence-electron chi connectivity index (χ4n) is 5.09. The van der Waals surface area contributed by atoms with Gasteiger partial charge in [0.05, 0.1) is 54.7 Å². The van der Waals surface area contributed by atoms with Crippen LogP contribution in [0.15, 0.2) is 48.9 Å². The molecule has 2 bridgehead atoms. The first kappa shape index (κ1) is 25.3. The Morgan fingerprint density at radius 1 is 1.21 bits per heavy atom. The molecule has 0 aliphatic carbocycles. The van der Waals surface area contributed by atoms with Crippen molar-refractivity contribution in [1.82, 2.24) is 24.3 Å². The summed E-state index contributed by atoms with van der Waals surface area (Å²) in [5.41, 5.74) is 8.30. The van der Waals surface area contributed by atoms with Crippen LogP contribution in [-0.4, -0.2) is 82.2 Å². The molecule has 3 aromatic heterocycles. The summed E-state index contributed by atoms with van der Waals surface area (Å²) in [7, 11) is 1.59. The van der Waals surface area contributed by atoms with Crippen LogP contribution in [0.2, 0.25) is 5.02 Å². The highest BCUT2D eigenvalue weighted by atomic mass is 35.5. The minimum absolute atomic E-state index is 0.00521. The van der Waals surface area contributed by atoms with E-state index >= 15 is 0 Å². The summed E-state index contributed by atoms with van der Waals surface area (Å²) in [6.45, 7) is 2.34. The third-order valence-corrected chi connectivity index (χ3v) is 7.16. The number of hydrogen-bond acceptors (Lipinski definition) is 9. The number of methoxy groups -OCH3 is 1. The van der Waals surface area contributed by atoms with Crippen LogP contribution < -0.4 is 20.7 Å². The Morgan fingerprint density at radius 3 is 2.74 bits per heavy atom. The number of ether oxygens (including phenoxy) is 2. The van der Waals surface area contributed by atoms with Crippen LogP contribution >= 0.6 is 11.6 Å². The molecule has 1 amide bonds. The van der Waals surface area contributed by atoms with Crippen molar-refractivity contribution in [3.63, 3.8) is 0 Å². The van der Waals surface area contributed by atoms with Gasteiger partial charge in [0.1, 0.15) is 11.4 Å². The molecule has 11 nitrogen and oxygen atoms in total. The quantitative estimate of drug-likeness (QED) is 0.371. The first-order valence-corrected chi connectivity index (χ1v) is 12.8. The lowest BCUT2D eigenvalue weighted by Crippen LogP contribution is -2.61. The number of carbonyl (C=O) groups is 1. The van der Waals surface area contributed by atoms with E-state index in [4.69, 9.17) is 26.8 Å². The van der Waals surface area contributed by atoms with Crippen molar-refractivity contribution in [2.75, 3.05) is 50.1 Å². The Labute approximate surface area is 228 Å². The molecular formula is C26H26ClFN8O3. The molecule has 202 valence electrons. The van der Waals surface area contributed by atoms with Gasteiger partial charge in [-0.15, -0.1) is 0 Å². The number of aromatic nitrogens is 4. The predicted octanol–water partition coefficient (Wildman–Crippen LogP) is 2.71. The van der Waals surface area contributed by atoms with Crippen molar-refractivity contribution in [2.24, 2.45) is 5.73 Å².